The Balaban J connectivity index is 2.30. The van der Waals surface area contributed by atoms with E-state index in [9.17, 15) is 5.11 Å². The highest BCUT2D eigenvalue weighted by atomic mass is 16.5. The van der Waals surface area contributed by atoms with E-state index >= 15 is 0 Å². The fraction of sp³-hybridized carbons (Fsp3) is 0.294. The van der Waals surface area contributed by atoms with Gasteiger partial charge >= 0.3 is 0 Å². The summed E-state index contributed by atoms with van der Waals surface area (Å²) in [4.78, 5) is 0. The number of hydrogen-bond acceptors (Lipinski definition) is 3. The Labute approximate surface area is 119 Å². The molecule has 0 aliphatic rings. The van der Waals surface area contributed by atoms with E-state index in [4.69, 9.17) is 9.47 Å². The van der Waals surface area contributed by atoms with E-state index in [1.807, 2.05) is 56.3 Å². The molecule has 0 heterocycles. The van der Waals surface area contributed by atoms with Gasteiger partial charge < -0.3 is 14.6 Å². The zero-order valence-corrected chi connectivity index (χ0v) is 12.1. The maximum Gasteiger partial charge on any atom is 0.125 e. The second-order valence-electron chi connectivity index (χ2n) is 4.65. The lowest BCUT2D eigenvalue weighted by Gasteiger charge is -2.16. The van der Waals surface area contributed by atoms with Gasteiger partial charge in [0.15, 0.2) is 0 Å². The van der Waals surface area contributed by atoms with Crippen molar-refractivity contribution in [1.82, 2.24) is 0 Å². The quantitative estimate of drug-likeness (QED) is 0.905. The molecule has 0 bridgehead atoms. The fourth-order valence-electron chi connectivity index (χ4n) is 2.16. The zero-order chi connectivity index (χ0) is 14.5. The Morgan fingerprint density at radius 1 is 1.10 bits per heavy atom. The Morgan fingerprint density at radius 3 is 2.40 bits per heavy atom. The van der Waals surface area contributed by atoms with E-state index < -0.39 is 6.10 Å². The predicted octanol–water partition coefficient (Wildman–Crippen LogP) is 3.48. The Hall–Kier alpha value is -2.00. The van der Waals surface area contributed by atoms with Crippen LogP contribution < -0.4 is 9.47 Å². The van der Waals surface area contributed by atoms with Gasteiger partial charge in [-0.3, -0.25) is 0 Å². The summed E-state index contributed by atoms with van der Waals surface area (Å²) in [5, 5.41) is 10.5. The Kier molecular flexibility index (Phi) is 4.64. The van der Waals surface area contributed by atoms with Crippen LogP contribution in [-0.4, -0.2) is 18.8 Å². The third-order valence-electron chi connectivity index (χ3n) is 3.19. The average Bonchev–Trinajstić information content (AvgIpc) is 2.47. The summed E-state index contributed by atoms with van der Waals surface area (Å²) in [5.41, 5.74) is 2.68. The predicted molar refractivity (Wildman–Crippen MR) is 79.4 cm³/mol. The lowest BCUT2D eigenvalue weighted by Crippen LogP contribution is -2.03. The summed E-state index contributed by atoms with van der Waals surface area (Å²) < 4.78 is 10.7. The minimum Gasteiger partial charge on any atom is -0.496 e. The maximum absolute atomic E-state index is 10.5. The molecule has 1 unspecified atom stereocenters. The number of aliphatic hydroxyl groups is 1. The second-order valence-corrected chi connectivity index (χ2v) is 4.65. The number of ether oxygens (including phenoxy) is 2. The molecule has 0 fully saturated rings. The molecule has 2 rings (SSSR count). The molecular weight excluding hydrogens is 252 g/mol. The van der Waals surface area contributed by atoms with Gasteiger partial charge in [0.05, 0.1) is 13.7 Å². The van der Waals surface area contributed by atoms with Gasteiger partial charge in [0.2, 0.25) is 0 Å². The van der Waals surface area contributed by atoms with Gasteiger partial charge in [-0.05, 0) is 43.7 Å². The van der Waals surface area contributed by atoms with Crippen LogP contribution in [-0.2, 0) is 0 Å². The minimum atomic E-state index is -0.708. The van der Waals surface area contributed by atoms with E-state index in [1.165, 1.54) is 0 Å². The van der Waals surface area contributed by atoms with Crippen molar-refractivity contribution in [3.8, 4) is 11.5 Å². The molecule has 3 nitrogen and oxygen atoms in total. The van der Waals surface area contributed by atoms with Gasteiger partial charge in [-0.2, -0.15) is 0 Å². The topological polar surface area (TPSA) is 38.7 Å². The van der Waals surface area contributed by atoms with Crippen molar-refractivity contribution in [3.05, 3.63) is 59.2 Å². The molecule has 2 aromatic carbocycles. The fourth-order valence-corrected chi connectivity index (χ4v) is 2.16. The van der Waals surface area contributed by atoms with Crippen molar-refractivity contribution < 1.29 is 14.6 Å². The van der Waals surface area contributed by atoms with E-state index in [2.05, 4.69) is 0 Å². The van der Waals surface area contributed by atoms with Gasteiger partial charge in [0.1, 0.15) is 17.6 Å². The first kappa shape index (κ1) is 14.4. The van der Waals surface area contributed by atoms with E-state index in [0.29, 0.717) is 12.4 Å². The summed E-state index contributed by atoms with van der Waals surface area (Å²) in [5.74, 6) is 1.50. The smallest absolute Gasteiger partial charge is 0.125 e. The highest BCUT2D eigenvalue weighted by molar-refractivity contribution is 5.43. The molecule has 0 aromatic heterocycles. The van der Waals surface area contributed by atoms with Crippen molar-refractivity contribution >= 4 is 0 Å². The van der Waals surface area contributed by atoms with E-state index in [1.54, 1.807) is 7.11 Å². The van der Waals surface area contributed by atoms with Crippen molar-refractivity contribution in [2.45, 2.75) is 20.0 Å². The molecule has 1 N–H and O–H groups in total. The van der Waals surface area contributed by atoms with Crippen LogP contribution in [0.3, 0.4) is 0 Å². The molecule has 106 valence electrons. The number of aliphatic hydroxyl groups excluding tert-OH is 1. The summed E-state index contributed by atoms with van der Waals surface area (Å²) in [6, 6.07) is 13.3. The summed E-state index contributed by atoms with van der Waals surface area (Å²) in [6.45, 7) is 4.57. The van der Waals surface area contributed by atoms with Crippen LogP contribution >= 0.6 is 0 Å². The Bertz CT molecular complexity index is 561. The van der Waals surface area contributed by atoms with Gasteiger partial charge in [0.25, 0.3) is 0 Å². The van der Waals surface area contributed by atoms with Crippen molar-refractivity contribution in [2.75, 3.05) is 13.7 Å². The molecule has 1 atom stereocenters. The zero-order valence-electron chi connectivity index (χ0n) is 12.1. The first-order valence-electron chi connectivity index (χ1n) is 6.71. The largest absolute Gasteiger partial charge is 0.496 e. The molecule has 0 radical (unpaired) electrons. The minimum absolute atomic E-state index is 0.633. The highest BCUT2D eigenvalue weighted by Crippen LogP contribution is 2.31. The van der Waals surface area contributed by atoms with E-state index in [-0.39, 0.29) is 0 Å². The normalized spacial score (nSPS) is 12.0. The highest BCUT2D eigenvalue weighted by Gasteiger charge is 2.15. The summed E-state index contributed by atoms with van der Waals surface area (Å²) in [6.07, 6.45) is -0.708. The number of rotatable bonds is 5. The standard InChI is InChI=1S/C17H20O3/c1-4-20-14-8-6-13(7-9-14)17(18)15-11-12(2)5-10-16(15)19-3/h5-11,17-18H,4H2,1-3H3. The van der Waals surface area contributed by atoms with Crippen LogP contribution in [0.25, 0.3) is 0 Å². The SMILES string of the molecule is CCOc1ccc(C(O)c2cc(C)ccc2OC)cc1. The molecule has 0 aliphatic heterocycles. The molecule has 0 aliphatic carbocycles. The molecule has 20 heavy (non-hydrogen) atoms. The lowest BCUT2D eigenvalue weighted by atomic mass is 9.99. The van der Waals surface area contributed by atoms with Gasteiger partial charge in [0, 0.05) is 5.56 Å². The van der Waals surface area contributed by atoms with Gasteiger partial charge in [-0.25, -0.2) is 0 Å². The number of methoxy groups -OCH3 is 1. The van der Waals surface area contributed by atoms with Crippen molar-refractivity contribution in [2.24, 2.45) is 0 Å². The lowest BCUT2D eigenvalue weighted by molar-refractivity contribution is 0.214. The third kappa shape index (κ3) is 3.11. The van der Waals surface area contributed by atoms with E-state index in [0.717, 1.165) is 22.4 Å². The molecule has 0 amide bonds. The molecule has 2 aromatic rings. The van der Waals surface area contributed by atoms with Crippen molar-refractivity contribution in [3.63, 3.8) is 0 Å². The number of hydrogen-bond donors (Lipinski definition) is 1. The van der Waals surface area contributed by atoms with Crippen molar-refractivity contribution in [1.29, 1.82) is 0 Å². The first-order valence-corrected chi connectivity index (χ1v) is 6.71. The molecule has 0 spiro atoms. The molecule has 0 saturated heterocycles. The molecule has 0 saturated carbocycles. The summed E-state index contributed by atoms with van der Waals surface area (Å²) >= 11 is 0. The van der Waals surface area contributed by atoms with Crippen LogP contribution in [0.4, 0.5) is 0 Å². The van der Waals surface area contributed by atoms with Crippen LogP contribution in [0.5, 0.6) is 11.5 Å². The third-order valence-corrected chi connectivity index (χ3v) is 3.19. The monoisotopic (exact) mass is 272 g/mol. The number of aryl methyl sites for hydroxylation is 1. The molecule has 3 heteroatoms. The van der Waals surface area contributed by atoms with Crippen LogP contribution in [0, 0.1) is 6.92 Å². The van der Waals surface area contributed by atoms with Crippen LogP contribution in [0.2, 0.25) is 0 Å². The van der Waals surface area contributed by atoms with Gasteiger partial charge in [-0.15, -0.1) is 0 Å². The first-order chi connectivity index (χ1) is 9.65. The average molecular weight is 272 g/mol. The van der Waals surface area contributed by atoms with Crippen LogP contribution in [0.1, 0.15) is 29.7 Å². The second kappa shape index (κ2) is 6.44. The van der Waals surface area contributed by atoms with Crippen LogP contribution in [0.15, 0.2) is 42.5 Å². The maximum atomic E-state index is 10.5. The Morgan fingerprint density at radius 2 is 1.80 bits per heavy atom. The summed E-state index contributed by atoms with van der Waals surface area (Å²) in [7, 11) is 1.61. The molecular formula is C17H20O3. The van der Waals surface area contributed by atoms with Gasteiger partial charge in [-0.1, -0.05) is 23.8 Å². The number of benzene rings is 2.